The van der Waals surface area contributed by atoms with Gasteiger partial charge in [-0.3, -0.25) is 4.79 Å². The standard InChI is InChI=1S/C21H25NO6/c1-14(2)28-19-12-17(26-3)8-9-18(19)21(25)22-11-10-15-4-6-16(7-5-15)27-13-20(23)24/h4-9,12,14H,10-11,13H2,1-3H3,(H,22,25)(H,23,24). The molecule has 2 aromatic rings. The van der Waals surface area contributed by atoms with Crippen molar-refractivity contribution in [2.75, 3.05) is 20.3 Å². The van der Waals surface area contributed by atoms with Gasteiger partial charge in [0.25, 0.3) is 5.91 Å². The van der Waals surface area contributed by atoms with Gasteiger partial charge < -0.3 is 24.6 Å². The minimum Gasteiger partial charge on any atom is -0.497 e. The molecule has 0 saturated carbocycles. The third kappa shape index (κ3) is 6.50. The van der Waals surface area contributed by atoms with Gasteiger partial charge in [0.2, 0.25) is 0 Å². The minimum atomic E-state index is -1.02. The summed E-state index contributed by atoms with van der Waals surface area (Å²) in [6.45, 7) is 3.86. The number of amides is 1. The molecule has 7 heteroatoms. The van der Waals surface area contributed by atoms with Gasteiger partial charge in [0.05, 0.1) is 18.8 Å². The molecule has 2 N–H and O–H groups in total. The summed E-state index contributed by atoms with van der Waals surface area (Å²) in [6.07, 6.45) is 0.557. The van der Waals surface area contributed by atoms with Gasteiger partial charge in [-0.1, -0.05) is 12.1 Å². The van der Waals surface area contributed by atoms with E-state index in [1.54, 1.807) is 37.4 Å². The van der Waals surface area contributed by atoms with Crippen LogP contribution in [0.2, 0.25) is 0 Å². The zero-order chi connectivity index (χ0) is 20.5. The Hall–Kier alpha value is -3.22. The van der Waals surface area contributed by atoms with Crippen LogP contribution in [0.4, 0.5) is 0 Å². The van der Waals surface area contributed by atoms with Crippen molar-refractivity contribution in [1.29, 1.82) is 0 Å². The number of carboxylic acid groups (broad SMARTS) is 1. The summed E-state index contributed by atoms with van der Waals surface area (Å²) < 4.78 is 16.0. The predicted molar refractivity (Wildman–Crippen MR) is 104 cm³/mol. The average Bonchev–Trinajstić information content (AvgIpc) is 2.66. The lowest BCUT2D eigenvalue weighted by molar-refractivity contribution is -0.139. The zero-order valence-corrected chi connectivity index (χ0v) is 16.2. The number of aliphatic carboxylic acids is 1. The van der Waals surface area contributed by atoms with Crippen LogP contribution in [0, 0.1) is 0 Å². The molecule has 0 aliphatic carbocycles. The van der Waals surface area contributed by atoms with Crippen LogP contribution in [-0.4, -0.2) is 43.3 Å². The first-order chi connectivity index (χ1) is 13.4. The van der Waals surface area contributed by atoms with E-state index in [4.69, 9.17) is 19.3 Å². The molecule has 0 atom stereocenters. The fourth-order valence-electron chi connectivity index (χ4n) is 2.48. The van der Waals surface area contributed by atoms with E-state index in [0.717, 1.165) is 5.56 Å². The number of carbonyl (C=O) groups excluding carboxylic acids is 1. The van der Waals surface area contributed by atoms with Crippen LogP contribution in [0.3, 0.4) is 0 Å². The van der Waals surface area contributed by atoms with E-state index in [9.17, 15) is 9.59 Å². The lowest BCUT2D eigenvalue weighted by atomic mass is 10.1. The lowest BCUT2D eigenvalue weighted by Gasteiger charge is -2.15. The van der Waals surface area contributed by atoms with Crippen LogP contribution in [0.25, 0.3) is 0 Å². The first-order valence-corrected chi connectivity index (χ1v) is 8.95. The Balaban J connectivity index is 1.92. The molecule has 0 aliphatic rings. The first kappa shape index (κ1) is 21.1. The van der Waals surface area contributed by atoms with Crippen LogP contribution in [0.1, 0.15) is 29.8 Å². The van der Waals surface area contributed by atoms with Gasteiger partial charge in [0.15, 0.2) is 6.61 Å². The fourth-order valence-corrected chi connectivity index (χ4v) is 2.48. The summed E-state index contributed by atoms with van der Waals surface area (Å²) in [6, 6.07) is 12.2. The SMILES string of the molecule is COc1ccc(C(=O)NCCc2ccc(OCC(=O)O)cc2)c(OC(C)C)c1. The number of carbonyl (C=O) groups is 2. The molecule has 0 bridgehead atoms. The van der Waals surface area contributed by atoms with Gasteiger partial charge in [-0.2, -0.15) is 0 Å². The molecule has 0 saturated heterocycles. The van der Waals surface area contributed by atoms with E-state index >= 15 is 0 Å². The summed E-state index contributed by atoms with van der Waals surface area (Å²) in [4.78, 5) is 23.0. The Labute approximate surface area is 164 Å². The van der Waals surface area contributed by atoms with Crippen molar-refractivity contribution < 1.29 is 28.9 Å². The van der Waals surface area contributed by atoms with Gasteiger partial charge >= 0.3 is 5.97 Å². The molecule has 0 fully saturated rings. The van der Waals surface area contributed by atoms with Crippen molar-refractivity contribution in [1.82, 2.24) is 5.32 Å². The Morgan fingerprint density at radius 2 is 1.75 bits per heavy atom. The average molecular weight is 387 g/mol. The van der Waals surface area contributed by atoms with Crippen molar-refractivity contribution in [2.24, 2.45) is 0 Å². The van der Waals surface area contributed by atoms with Crippen LogP contribution in [0.15, 0.2) is 42.5 Å². The lowest BCUT2D eigenvalue weighted by Crippen LogP contribution is -2.26. The Morgan fingerprint density at radius 1 is 1.07 bits per heavy atom. The minimum absolute atomic E-state index is 0.0690. The number of hydrogen-bond donors (Lipinski definition) is 2. The molecule has 2 aromatic carbocycles. The smallest absolute Gasteiger partial charge is 0.341 e. The molecule has 28 heavy (non-hydrogen) atoms. The second-order valence-corrected chi connectivity index (χ2v) is 6.36. The molecule has 0 spiro atoms. The quantitative estimate of drug-likeness (QED) is 0.651. The van der Waals surface area contributed by atoms with Gasteiger partial charge in [-0.05, 0) is 50.1 Å². The number of ether oxygens (including phenoxy) is 3. The number of hydrogen-bond acceptors (Lipinski definition) is 5. The maximum atomic E-state index is 12.5. The normalized spacial score (nSPS) is 10.4. The van der Waals surface area contributed by atoms with E-state index < -0.39 is 5.97 Å². The van der Waals surface area contributed by atoms with Gasteiger partial charge in [0.1, 0.15) is 17.2 Å². The zero-order valence-electron chi connectivity index (χ0n) is 16.2. The second kappa shape index (κ2) is 10.2. The molecular formula is C21H25NO6. The summed E-state index contributed by atoms with van der Waals surface area (Å²) >= 11 is 0. The number of rotatable bonds is 10. The van der Waals surface area contributed by atoms with Crippen LogP contribution >= 0.6 is 0 Å². The summed E-state index contributed by atoms with van der Waals surface area (Å²) in [5, 5.41) is 11.5. The first-order valence-electron chi connectivity index (χ1n) is 8.95. The van der Waals surface area contributed by atoms with Crippen molar-refractivity contribution in [3.8, 4) is 17.2 Å². The molecule has 0 unspecified atom stereocenters. The summed E-state index contributed by atoms with van der Waals surface area (Å²) in [5.74, 6) is 0.346. The molecule has 7 nitrogen and oxygen atoms in total. The highest BCUT2D eigenvalue weighted by atomic mass is 16.5. The van der Waals surface area contributed by atoms with Gasteiger partial charge in [-0.15, -0.1) is 0 Å². The molecule has 2 rings (SSSR count). The van der Waals surface area contributed by atoms with Gasteiger partial charge in [0, 0.05) is 12.6 Å². The van der Waals surface area contributed by atoms with Crippen LogP contribution in [-0.2, 0) is 11.2 Å². The summed E-state index contributed by atoms with van der Waals surface area (Å²) in [5.41, 5.74) is 1.45. The van der Waals surface area contributed by atoms with E-state index in [1.165, 1.54) is 0 Å². The molecule has 0 heterocycles. The highest BCUT2D eigenvalue weighted by molar-refractivity contribution is 5.97. The Kier molecular flexibility index (Phi) is 7.68. The van der Waals surface area contributed by atoms with E-state index in [2.05, 4.69) is 5.32 Å². The van der Waals surface area contributed by atoms with Crippen LogP contribution < -0.4 is 19.5 Å². The number of nitrogens with one attached hydrogen (secondary N) is 1. The fraction of sp³-hybridized carbons (Fsp3) is 0.333. The molecule has 0 radical (unpaired) electrons. The monoisotopic (exact) mass is 387 g/mol. The third-order valence-corrected chi connectivity index (χ3v) is 3.78. The van der Waals surface area contributed by atoms with E-state index in [0.29, 0.717) is 35.8 Å². The molecule has 0 aromatic heterocycles. The van der Waals surface area contributed by atoms with Crippen molar-refractivity contribution in [3.63, 3.8) is 0 Å². The van der Waals surface area contributed by atoms with Crippen molar-refractivity contribution in [3.05, 3.63) is 53.6 Å². The highest BCUT2D eigenvalue weighted by Gasteiger charge is 2.14. The topological polar surface area (TPSA) is 94.1 Å². The van der Waals surface area contributed by atoms with Gasteiger partial charge in [-0.25, -0.2) is 4.79 Å². The maximum absolute atomic E-state index is 12.5. The highest BCUT2D eigenvalue weighted by Crippen LogP contribution is 2.26. The van der Waals surface area contributed by atoms with E-state index in [1.807, 2.05) is 26.0 Å². The molecule has 0 aliphatic heterocycles. The van der Waals surface area contributed by atoms with Crippen molar-refractivity contribution >= 4 is 11.9 Å². The van der Waals surface area contributed by atoms with Crippen LogP contribution in [0.5, 0.6) is 17.2 Å². The predicted octanol–water partition coefficient (Wildman–Crippen LogP) is 2.92. The second-order valence-electron chi connectivity index (χ2n) is 6.36. The number of benzene rings is 2. The Bertz CT molecular complexity index is 801. The number of carboxylic acids is 1. The molecule has 1 amide bonds. The largest absolute Gasteiger partial charge is 0.497 e. The maximum Gasteiger partial charge on any atom is 0.341 e. The van der Waals surface area contributed by atoms with Crippen molar-refractivity contribution in [2.45, 2.75) is 26.4 Å². The van der Waals surface area contributed by atoms with E-state index in [-0.39, 0.29) is 18.6 Å². The number of methoxy groups -OCH3 is 1. The Morgan fingerprint density at radius 3 is 2.36 bits per heavy atom. The molecular weight excluding hydrogens is 362 g/mol. The summed E-state index contributed by atoms with van der Waals surface area (Å²) in [7, 11) is 1.56. The molecule has 150 valence electrons. The third-order valence-electron chi connectivity index (χ3n) is 3.78.